The van der Waals surface area contributed by atoms with Crippen LogP contribution >= 0.6 is 11.3 Å². The average molecular weight is 282 g/mol. The van der Waals surface area contributed by atoms with Crippen LogP contribution in [0.1, 0.15) is 16.7 Å². The number of nitrogens with zero attached hydrogens (tertiary/aromatic N) is 1. The topological polar surface area (TPSA) is 69.6 Å². The minimum absolute atomic E-state index is 0.211. The Bertz CT molecular complexity index is 456. The summed E-state index contributed by atoms with van der Waals surface area (Å²) in [5.41, 5.74) is 0. The third kappa shape index (κ3) is 5.13. The van der Waals surface area contributed by atoms with Crippen molar-refractivity contribution in [1.82, 2.24) is 10.2 Å². The van der Waals surface area contributed by atoms with E-state index in [-0.39, 0.29) is 13.1 Å². The van der Waals surface area contributed by atoms with Gasteiger partial charge in [0.15, 0.2) is 0 Å². The number of nitrogens with one attached hydrogen (secondary N) is 1. The number of urea groups is 1. The van der Waals surface area contributed by atoms with Crippen LogP contribution < -0.4 is 5.32 Å². The van der Waals surface area contributed by atoms with Gasteiger partial charge in [0.2, 0.25) is 0 Å². The largest absolute Gasteiger partial charge is 0.480 e. The lowest BCUT2D eigenvalue weighted by atomic mass is 10.3. The number of carboxylic acid groups (broad SMARTS) is 1. The first kappa shape index (κ1) is 15.2. The van der Waals surface area contributed by atoms with Gasteiger partial charge < -0.3 is 15.3 Å². The lowest BCUT2D eigenvalue weighted by Crippen LogP contribution is -2.42. The van der Waals surface area contributed by atoms with E-state index in [0.717, 1.165) is 11.3 Å². The van der Waals surface area contributed by atoms with Crippen molar-refractivity contribution >= 4 is 23.3 Å². The van der Waals surface area contributed by atoms with Gasteiger partial charge in [-0.15, -0.1) is 17.9 Å². The lowest BCUT2D eigenvalue weighted by molar-refractivity contribution is -0.137. The van der Waals surface area contributed by atoms with Crippen molar-refractivity contribution in [3.8, 4) is 0 Å². The van der Waals surface area contributed by atoms with Gasteiger partial charge in [0, 0.05) is 16.3 Å². The molecule has 0 fully saturated rings. The fourth-order valence-electron chi connectivity index (χ4n) is 1.52. The van der Waals surface area contributed by atoms with Crippen LogP contribution in [0.4, 0.5) is 4.79 Å². The second-order valence-corrected chi connectivity index (χ2v) is 5.20. The van der Waals surface area contributed by atoms with Gasteiger partial charge in [-0.1, -0.05) is 13.0 Å². The molecule has 0 aliphatic rings. The fraction of sp³-hybridized carbons (Fsp3) is 0.385. The molecule has 0 aliphatic heterocycles. The number of aryl methyl sites for hydroxylation is 1. The Morgan fingerprint density at radius 3 is 2.68 bits per heavy atom. The number of hydrogen-bond acceptors (Lipinski definition) is 3. The molecule has 5 nitrogen and oxygen atoms in total. The quantitative estimate of drug-likeness (QED) is 0.752. The maximum Gasteiger partial charge on any atom is 0.323 e. The van der Waals surface area contributed by atoms with Gasteiger partial charge in [0.05, 0.1) is 6.54 Å². The molecule has 104 valence electrons. The zero-order valence-electron chi connectivity index (χ0n) is 10.9. The third-order valence-corrected chi connectivity index (χ3v) is 3.67. The van der Waals surface area contributed by atoms with Crippen LogP contribution in [-0.2, 0) is 17.8 Å². The van der Waals surface area contributed by atoms with Crippen molar-refractivity contribution < 1.29 is 14.7 Å². The van der Waals surface area contributed by atoms with Crippen LogP contribution in [0.3, 0.4) is 0 Å². The predicted molar refractivity (Wildman–Crippen MR) is 75.3 cm³/mol. The molecule has 2 N–H and O–H groups in total. The smallest absolute Gasteiger partial charge is 0.323 e. The summed E-state index contributed by atoms with van der Waals surface area (Å²) in [6.07, 6.45) is 2.48. The Labute approximate surface area is 116 Å². The van der Waals surface area contributed by atoms with Crippen LogP contribution in [-0.4, -0.2) is 35.1 Å². The molecule has 19 heavy (non-hydrogen) atoms. The van der Waals surface area contributed by atoms with Crippen LogP contribution in [0.15, 0.2) is 24.8 Å². The average Bonchev–Trinajstić information content (AvgIpc) is 2.83. The molecule has 1 heterocycles. The molecule has 6 heteroatoms. The highest BCUT2D eigenvalue weighted by Crippen LogP contribution is 2.16. The zero-order chi connectivity index (χ0) is 14.3. The maximum absolute atomic E-state index is 11.8. The van der Waals surface area contributed by atoms with Gasteiger partial charge >= 0.3 is 12.0 Å². The summed E-state index contributed by atoms with van der Waals surface area (Å²) < 4.78 is 0. The molecular formula is C13H18N2O3S. The normalized spacial score (nSPS) is 9.95. The maximum atomic E-state index is 11.8. The summed E-state index contributed by atoms with van der Waals surface area (Å²) >= 11 is 1.64. The van der Waals surface area contributed by atoms with Crippen molar-refractivity contribution in [3.05, 3.63) is 34.5 Å². The van der Waals surface area contributed by atoms with Crippen LogP contribution in [0, 0.1) is 0 Å². The highest BCUT2D eigenvalue weighted by atomic mass is 32.1. The Morgan fingerprint density at radius 2 is 2.16 bits per heavy atom. The Morgan fingerprint density at radius 1 is 1.47 bits per heavy atom. The number of aliphatic carboxylic acids is 1. The summed E-state index contributed by atoms with van der Waals surface area (Å²) in [5.74, 6) is -1.04. The van der Waals surface area contributed by atoms with E-state index in [2.05, 4.69) is 18.8 Å². The zero-order valence-corrected chi connectivity index (χ0v) is 11.7. The fourth-order valence-corrected chi connectivity index (χ4v) is 2.42. The number of carbonyl (C=O) groups excluding carboxylic acids is 1. The van der Waals surface area contributed by atoms with Gasteiger partial charge in [0.1, 0.15) is 6.54 Å². The highest BCUT2D eigenvalue weighted by molar-refractivity contribution is 7.11. The molecule has 0 aromatic carbocycles. The van der Waals surface area contributed by atoms with Crippen LogP contribution in [0.25, 0.3) is 0 Å². The van der Waals surface area contributed by atoms with Crippen LogP contribution in [0.2, 0.25) is 0 Å². The van der Waals surface area contributed by atoms with Crippen molar-refractivity contribution in [2.45, 2.75) is 19.9 Å². The van der Waals surface area contributed by atoms with E-state index >= 15 is 0 Å². The lowest BCUT2D eigenvalue weighted by Gasteiger charge is -2.19. The standard InChI is InChI=1S/C13H18N2O3S/c1-3-7-15(9-12(16)17)13(18)14-8-11-6-5-10(4-2)19-11/h3,5-6H,1,4,7-9H2,2H3,(H,14,18)(H,16,17). The van der Waals surface area contributed by atoms with Crippen molar-refractivity contribution in [2.24, 2.45) is 0 Å². The van der Waals surface area contributed by atoms with E-state index in [1.165, 1.54) is 15.9 Å². The van der Waals surface area contributed by atoms with E-state index in [1.54, 1.807) is 11.3 Å². The summed E-state index contributed by atoms with van der Waals surface area (Å²) in [6.45, 7) is 5.88. The van der Waals surface area contributed by atoms with Gasteiger partial charge in [-0.3, -0.25) is 4.79 Å². The molecule has 1 rings (SSSR count). The van der Waals surface area contributed by atoms with Gasteiger partial charge in [-0.2, -0.15) is 0 Å². The Hall–Kier alpha value is -1.82. The highest BCUT2D eigenvalue weighted by Gasteiger charge is 2.15. The molecule has 0 saturated heterocycles. The summed E-state index contributed by atoms with van der Waals surface area (Å²) in [6, 6.07) is 3.61. The number of carboxylic acids is 1. The Balaban J connectivity index is 2.51. The van der Waals surface area contributed by atoms with Gasteiger partial charge in [0.25, 0.3) is 0 Å². The number of hydrogen-bond donors (Lipinski definition) is 2. The number of rotatable bonds is 7. The molecule has 0 aliphatic carbocycles. The number of thiophene rings is 1. The predicted octanol–water partition coefficient (Wildman–Crippen LogP) is 2.09. The molecule has 0 bridgehead atoms. The van der Waals surface area contributed by atoms with E-state index in [9.17, 15) is 9.59 Å². The molecule has 0 radical (unpaired) electrons. The summed E-state index contributed by atoms with van der Waals surface area (Å²) in [5, 5.41) is 11.4. The summed E-state index contributed by atoms with van der Waals surface area (Å²) in [7, 11) is 0. The Kier molecular flexibility index (Phi) is 6.08. The van der Waals surface area contributed by atoms with Crippen molar-refractivity contribution in [1.29, 1.82) is 0 Å². The van der Waals surface area contributed by atoms with E-state index in [0.29, 0.717) is 6.54 Å². The molecule has 0 spiro atoms. The van der Waals surface area contributed by atoms with Crippen molar-refractivity contribution in [3.63, 3.8) is 0 Å². The monoisotopic (exact) mass is 282 g/mol. The summed E-state index contributed by atoms with van der Waals surface area (Å²) in [4.78, 5) is 26.0. The second kappa shape index (κ2) is 7.58. The van der Waals surface area contributed by atoms with Gasteiger partial charge in [-0.25, -0.2) is 4.79 Å². The third-order valence-electron chi connectivity index (χ3n) is 2.44. The minimum atomic E-state index is -1.04. The van der Waals surface area contributed by atoms with E-state index in [1.807, 2.05) is 12.1 Å². The molecule has 0 atom stereocenters. The number of amides is 2. The first-order valence-corrected chi connectivity index (χ1v) is 6.81. The molecular weight excluding hydrogens is 264 g/mol. The first-order chi connectivity index (χ1) is 9.06. The second-order valence-electron chi connectivity index (χ2n) is 3.94. The molecule has 0 saturated carbocycles. The molecule has 0 unspecified atom stereocenters. The van der Waals surface area contributed by atoms with E-state index in [4.69, 9.17) is 5.11 Å². The van der Waals surface area contributed by atoms with Gasteiger partial charge in [-0.05, 0) is 18.6 Å². The first-order valence-electron chi connectivity index (χ1n) is 5.99. The molecule has 1 aromatic heterocycles. The van der Waals surface area contributed by atoms with Crippen molar-refractivity contribution in [2.75, 3.05) is 13.1 Å². The minimum Gasteiger partial charge on any atom is -0.480 e. The van der Waals surface area contributed by atoms with Crippen LogP contribution in [0.5, 0.6) is 0 Å². The molecule has 1 aromatic rings. The van der Waals surface area contributed by atoms with E-state index < -0.39 is 12.0 Å². The molecule has 2 amide bonds. The number of carbonyl (C=O) groups is 2. The SMILES string of the molecule is C=CCN(CC(=O)O)C(=O)NCc1ccc(CC)s1.